The van der Waals surface area contributed by atoms with E-state index in [0.717, 1.165) is 29.4 Å². The molecule has 2 N–H and O–H groups in total. The van der Waals surface area contributed by atoms with Gasteiger partial charge in [0.05, 0.1) is 18.7 Å². The number of nitrogens with two attached hydrogens (primary N) is 1. The Balaban J connectivity index is 1.92. The third kappa shape index (κ3) is 1.69. The molecule has 0 amide bonds. The van der Waals surface area contributed by atoms with Gasteiger partial charge in [-0.2, -0.15) is 4.73 Å². The highest BCUT2D eigenvalue weighted by Gasteiger charge is 2.20. The fraction of sp³-hybridized carbons (Fsp3) is 0.286. The SMILES string of the molecule is Nc1nc2ccccc2c2c1ncn2OC1CCOC1. The highest BCUT2D eigenvalue weighted by atomic mass is 16.7. The molecule has 0 spiro atoms. The maximum atomic E-state index is 5.98. The van der Waals surface area contributed by atoms with Gasteiger partial charge in [-0.1, -0.05) is 18.2 Å². The first-order valence-electron chi connectivity index (χ1n) is 6.59. The number of para-hydroxylation sites is 1. The summed E-state index contributed by atoms with van der Waals surface area (Å²) in [6.45, 7) is 1.35. The first kappa shape index (κ1) is 11.5. The van der Waals surface area contributed by atoms with Gasteiger partial charge in [0.15, 0.2) is 11.9 Å². The molecule has 4 rings (SSSR count). The molecule has 2 aromatic heterocycles. The van der Waals surface area contributed by atoms with Crippen LogP contribution in [0.25, 0.3) is 21.9 Å². The van der Waals surface area contributed by atoms with Crippen molar-refractivity contribution in [3.8, 4) is 0 Å². The Morgan fingerprint density at radius 2 is 2.25 bits per heavy atom. The minimum absolute atomic E-state index is 0.0561. The summed E-state index contributed by atoms with van der Waals surface area (Å²) < 4.78 is 7.02. The molecule has 102 valence electrons. The average Bonchev–Trinajstić information content (AvgIpc) is 3.10. The van der Waals surface area contributed by atoms with Crippen LogP contribution in [0.15, 0.2) is 30.6 Å². The number of benzene rings is 1. The van der Waals surface area contributed by atoms with Crippen LogP contribution in [0.1, 0.15) is 6.42 Å². The van der Waals surface area contributed by atoms with Gasteiger partial charge in [-0.3, -0.25) is 0 Å². The van der Waals surface area contributed by atoms with E-state index in [4.69, 9.17) is 15.3 Å². The molecule has 0 saturated carbocycles. The summed E-state index contributed by atoms with van der Waals surface area (Å²) in [7, 11) is 0. The van der Waals surface area contributed by atoms with Crippen LogP contribution in [0.2, 0.25) is 0 Å². The fourth-order valence-electron chi connectivity index (χ4n) is 2.56. The van der Waals surface area contributed by atoms with Crippen molar-refractivity contribution in [3.05, 3.63) is 30.6 Å². The Bertz CT molecular complexity index is 777. The van der Waals surface area contributed by atoms with Crippen molar-refractivity contribution in [1.29, 1.82) is 0 Å². The molecule has 1 atom stereocenters. The molecule has 3 heterocycles. The van der Waals surface area contributed by atoms with E-state index in [0.29, 0.717) is 17.9 Å². The molecule has 3 aromatic rings. The minimum Gasteiger partial charge on any atom is -0.406 e. The molecule has 0 bridgehead atoms. The van der Waals surface area contributed by atoms with Gasteiger partial charge in [-0.15, -0.1) is 0 Å². The lowest BCUT2D eigenvalue weighted by atomic mass is 10.2. The van der Waals surface area contributed by atoms with E-state index in [1.807, 2.05) is 24.3 Å². The van der Waals surface area contributed by atoms with Crippen LogP contribution >= 0.6 is 0 Å². The summed E-state index contributed by atoms with van der Waals surface area (Å²) in [4.78, 5) is 14.6. The lowest BCUT2D eigenvalue weighted by molar-refractivity contribution is 0.0353. The Morgan fingerprint density at radius 1 is 1.35 bits per heavy atom. The fourth-order valence-corrected chi connectivity index (χ4v) is 2.56. The van der Waals surface area contributed by atoms with Crippen molar-refractivity contribution in [1.82, 2.24) is 14.7 Å². The molecule has 1 aliphatic rings. The van der Waals surface area contributed by atoms with Crippen LogP contribution < -0.4 is 10.6 Å². The Hall–Kier alpha value is -2.34. The highest BCUT2D eigenvalue weighted by Crippen LogP contribution is 2.26. The zero-order valence-corrected chi connectivity index (χ0v) is 10.8. The van der Waals surface area contributed by atoms with Crippen molar-refractivity contribution >= 4 is 27.8 Å². The topological polar surface area (TPSA) is 75.2 Å². The third-order valence-corrected chi connectivity index (χ3v) is 3.53. The van der Waals surface area contributed by atoms with Crippen molar-refractivity contribution in [3.63, 3.8) is 0 Å². The van der Waals surface area contributed by atoms with Crippen molar-refractivity contribution in [2.24, 2.45) is 0 Å². The first-order valence-corrected chi connectivity index (χ1v) is 6.59. The van der Waals surface area contributed by atoms with Gasteiger partial charge in [0, 0.05) is 11.8 Å². The van der Waals surface area contributed by atoms with Gasteiger partial charge in [-0.05, 0) is 6.07 Å². The molecule has 6 heteroatoms. The lowest BCUT2D eigenvalue weighted by Crippen LogP contribution is -2.24. The first-order chi connectivity index (χ1) is 9.83. The molecule has 1 aliphatic heterocycles. The summed E-state index contributed by atoms with van der Waals surface area (Å²) >= 11 is 0. The van der Waals surface area contributed by atoms with Crippen LogP contribution in [0.5, 0.6) is 0 Å². The monoisotopic (exact) mass is 270 g/mol. The lowest BCUT2D eigenvalue weighted by Gasteiger charge is -2.13. The Labute approximate surface area is 115 Å². The maximum Gasteiger partial charge on any atom is 0.152 e. The number of ether oxygens (including phenoxy) is 1. The number of pyridine rings is 1. The van der Waals surface area contributed by atoms with Crippen LogP contribution in [-0.4, -0.2) is 34.0 Å². The van der Waals surface area contributed by atoms with Gasteiger partial charge in [0.25, 0.3) is 0 Å². The van der Waals surface area contributed by atoms with Gasteiger partial charge >= 0.3 is 0 Å². The standard InChI is InChI=1S/C14H14N4O2/c15-14-12-13(10-3-1-2-4-11(10)17-14)18(8-16-12)20-9-5-6-19-7-9/h1-4,8-9H,5-7H2,(H2,15,17). The molecule has 1 unspecified atom stereocenters. The molecule has 1 aromatic carbocycles. The quantitative estimate of drug-likeness (QED) is 0.761. The molecule has 1 saturated heterocycles. The number of imidazole rings is 1. The predicted molar refractivity (Wildman–Crippen MR) is 75.3 cm³/mol. The second-order valence-corrected chi connectivity index (χ2v) is 4.87. The van der Waals surface area contributed by atoms with E-state index in [9.17, 15) is 0 Å². The summed E-state index contributed by atoms with van der Waals surface area (Å²) in [5, 5.41) is 0.980. The number of nitrogen functional groups attached to an aromatic ring is 1. The molecule has 6 nitrogen and oxygen atoms in total. The number of fused-ring (bicyclic) bond motifs is 3. The summed E-state index contributed by atoms with van der Waals surface area (Å²) in [6.07, 6.45) is 2.59. The Kier molecular flexibility index (Phi) is 2.50. The maximum absolute atomic E-state index is 5.98. The van der Waals surface area contributed by atoms with Crippen LogP contribution in [-0.2, 0) is 4.74 Å². The molecule has 0 radical (unpaired) electrons. The van der Waals surface area contributed by atoms with E-state index < -0.39 is 0 Å². The number of hydrogen-bond donors (Lipinski definition) is 1. The summed E-state index contributed by atoms with van der Waals surface area (Å²) in [5.74, 6) is 0.420. The van der Waals surface area contributed by atoms with Crippen LogP contribution in [0, 0.1) is 0 Å². The number of anilines is 1. The zero-order chi connectivity index (χ0) is 13.5. The normalized spacial score (nSPS) is 18.9. The predicted octanol–water partition coefficient (Wildman–Crippen LogP) is 1.38. The van der Waals surface area contributed by atoms with Crippen molar-refractivity contribution in [2.45, 2.75) is 12.5 Å². The number of rotatable bonds is 2. The average molecular weight is 270 g/mol. The summed E-state index contributed by atoms with van der Waals surface area (Å²) in [5.41, 5.74) is 8.35. The van der Waals surface area contributed by atoms with Gasteiger partial charge in [-0.25, -0.2) is 9.97 Å². The smallest absolute Gasteiger partial charge is 0.152 e. The largest absolute Gasteiger partial charge is 0.406 e. The van der Waals surface area contributed by atoms with Crippen molar-refractivity contribution < 1.29 is 9.57 Å². The molecular formula is C14H14N4O2. The van der Waals surface area contributed by atoms with E-state index in [-0.39, 0.29) is 6.10 Å². The van der Waals surface area contributed by atoms with E-state index >= 15 is 0 Å². The van der Waals surface area contributed by atoms with Crippen molar-refractivity contribution in [2.75, 3.05) is 18.9 Å². The van der Waals surface area contributed by atoms with E-state index in [1.54, 1.807) is 11.1 Å². The number of hydrogen-bond acceptors (Lipinski definition) is 5. The molecule has 0 aliphatic carbocycles. The molecule has 20 heavy (non-hydrogen) atoms. The second-order valence-electron chi connectivity index (χ2n) is 4.87. The molecular weight excluding hydrogens is 256 g/mol. The number of nitrogens with zero attached hydrogens (tertiary/aromatic N) is 3. The second kappa shape index (κ2) is 4.35. The van der Waals surface area contributed by atoms with Crippen LogP contribution in [0.4, 0.5) is 5.82 Å². The van der Waals surface area contributed by atoms with E-state index in [2.05, 4.69) is 9.97 Å². The van der Waals surface area contributed by atoms with Gasteiger partial charge in [0.2, 0.25) is 0 Å². The zero-order valence-electron chi connectivity index (χ0n) is 10.8. The van der Waals surface area contributed by atoms with Gasteiger partial charge in [0.1, 0.15) is 17.4 Å². The van der Waals surface area contributed by atoms with Gasteiger partial charge < -0.3 is 15.3 Å². The summed E-state index contributed by atoms with van der Waals surface area (Å²) in [6, 6.07) is 7.83. The molecule has 1 fully saturated rings. The number of aromatic nitrogens is 3. The highest BCUT2D eigenvalue weighted by molar-refractivity contribution is 6.06. The van der Waals surface area contributed by atoms with Crippen LogP contribution in [0.3, 0.4) is 0 Å². The Morgan fingerprint density at radius 3 is 3.10 bits per heavy atom. The third-order valence-electron chi connectivity index (χ3n) is 3.53. The minimum atomic E-state index is 0.0561. The van der Waals surface area contributed by atoms with E-state index in [1.165, 1.54) is 0 Å².